The van der Waals surface area contributed by atoms with Crippen molar-refractivity contribution in [2.75, 3.05) is 5.75 Å². The Morgan fingerprint density at radius 3 is 2.11 bits per heavy atom. The van der Waals surface area contributed by atoms with E-state index in [-0.39, 0.29) is 12.4 Å². The Morgan fingerprint density at radius 1 is 0.786 bits per heavy atom. The lowest BCUT2D eigenvalue weighted by Crippen LogP contribution is -3.00. The molecule has 0 unspecified atom stereocenters. The van der Waals surface area contributed by atoms with E-state index in [1.54, 1.807) is 0 Å². The van der Waals surface area contributed by atoms with E-state index in [9.17, 15) is 0 Å². The van der Waals surface area contributed by atoms with Gasteiger partial charge in [0, 0.05) is 0 Å². The number of aryl methyl sites for hydroxylation is 1. The molecule has 0 radical (unpaired) electrons. The van der Waals surface area contributed by atoms with E-state index in [0.717, 1.165) is 12.4 Å². The summed E-state index contributed by atoms with van der Waals surface area (Å²) in [6.07, 6.45) is 18.9. The SMILES string of the molecule is CCCCCCCCCCSC[n+]1cn(CCCCCC)c2ccccc21.[Cl-]. The second-order valence-corrected chi connectivity index (χ2v) is 8.91. The van der Waals surface area contributed by atoms with Crippen molar-refractivity contribution in [2.24, 2.45) is 0 Å². The highest BCUT2D eigenvalue weighted by molar-refractivity contribution is 7.98. The van der Waals surface area contributed by atoms with Gasteiger partial charge in [0.2, 0.25) is 6.33 Å². The second-order valence-electron chi connectivity index (χ2n) is 7.84. The normalized spacial score (nSPS) is 11.1. The van der Waals surface area contributed by atoms with Gasteiger partial charge < -0.3 is 12.4 Å². The van der Waals surface area contributed by atoms with Crippen molar-refractivity contribution < 1.29 is 17.0 Å². The zero-order valence-electron chi connectivity index (χ0n) is 18.2. The minimum absolute atomic E-state index is 0. The van der Waals surface area contributed by atoms with Crippen molar-refractivity contribution >= 4 is 22.8 Å². The topological polar surface area (TPSA) is 8.81 Å². The van der Waals surface area contributed by atoms with Crippen LogP contribution in [0, 0.1) is 0 Å². The van der Waals surface area contributed by atoms with E-state index in [4.69, 9.17) is 0 Å². The van der Waals surface area contributed by atoms with Crippen molar-refractivity contribution in [1.82, 2.24) is 4.57 Å². The van der Waals surface area contributed by atoms with Gasteiger partial charge in [-0.1, -0.05) is 83.8 Å². The van der Waals surface area contributed by atoms with Crippen LogP contribution in [0.2, 0.25) is 0 Å². The Labute approximate surface area is 183 Å². The largest absolute Gasteiger partial charge is 1.00 e. The third kappa shape index (κ3) is 9.22. The summed E-state index contributed by atoms with van der Waals surface area (Å²) in [7, 11) is 0. The summed E-state index contributed by atoms with van der Waals surface area (Å²) < 4.78 is 4.91. The van der Waals surface area contributed by atoms with Crippen LogP contribution < -0.4 is 17.0 Å². The zero-order valence-corrected chi connectivity index (χ0v) is 19.7. The van der Waals surface area contributed by atoms with Crippen LogP contribution in [0.4, 0.5) is 0 Å². The van der Waals surface area contributed by atoms with E-state index < -0.39 is 0 Å². The molecule has 4 heteroatoms. The number of aromatic nitrogens is 2. The number of imidazole rings is 1. The van der Waals surface area contributed by atoms with E-state index >= 15 is 0 Å². The first kappa shape index (κ1) is 25.4. The maximum Gasteiger partial charge on any atom is 0.245 e. The van der Waals surface area contributed by atoms with Crippen LogP contribution in [0.15, 0.2) is 30.6 Å². The Morgan fingerprint density at radius 2 is 1.39 bits per heavy atom. The van der Waals surface area contributed by atoms with Crippen molar-refractivity contribution in [3.63, 3.8) is 0 Å². The molecule has 2 aromatic rings. The van der Waals surface area contributed by atoms with Gasteiger partial charge in [-0.3, -0.25) is 0 Å². The lowest BCUT2D eigenvalue weighted by molar-refractivity contribution is -0.650. The molecule has 1 aromatic heterocycles. The predicted molar refractivity (Wildman–Crippen MR) is 121 cm³/mol. The van der Waals surface area contributed by atoms with Crippen molar-refractivity contribution in [3.05, 3.63) is 30.6 Å². The maximum atomic E-state index is 2.46. The monoisotopic (exact) mass is 424 g/mol. The molecular weight excluding hydrogens is 384 g/mol. The summed E-state index contributed by atoms with van der Waals surface area (Å²) in [5.41, 5.74) is 2.78. The fraction of sp³-hybridized carbons (Fsp3) is 0.708. The third-order valence-electron chi connectivity index (χ3n) is 5.40. The number of halogens is 1. The Balaban J connectivity index is 0.00000392. The van der Waals surface area contributed by atoms with Crippen molar-refractivity contribution in [1.29, 1.82) is 0 Å². The summed E-state index contributed by atoms with van der Waals surface area (Å²) in [4.78, 5) is 0. The molecule has 0 fully saturated rings. The van der Waals surface area contributed by atoms with Gasteiger partial charge in [-0.2, -0.15) is 0 Å². The summed E-state index contributed by atoms with van der Waals surface area (Å²) in [6.45, 7) is 5.72. The average molecular weight is 425 g/mol. The molecule has 1 heterocycles. The molecule has 0 saturated heterocycles. The molecule has 160 valence electrons. The lowest BCUT2D eigenvalue weighted by atomic mass is 10.1. The third-order valence-corrected chi connectivity index (χ3v) is 6.44. The first-order valence-electron chi connectivity index (χ1n) is 11.4. The van der Waals surface area contributed by atoms with Gasteiger partial charge in [-0.05, 0) is 37.1 Å². The van der Waals surface area contributed by atoms with Crippen LogP contribution in [0.5, 0.6) is 0 Å². The summed E-state index contributed by atoms with van der Waals surface area (Å²) in [6, 6.07) is 8.88. The lowest BCUT2D eigenvalue weighted by Gasteiger charge is -2.02. The Kier molecular flexibility index (Phi) is 14.6. The standard InChI is InChI=1S/C24H41N2S.ClH/c1-3-5-7-9-10-11-12-16-20-27-22-26-21-25(19-15-8-6-4-2)23-17-13-14-18-24(23)26;/h13-14,17-18,21H,3-12,15-16,19-20,22H2,1-2H3;1H/q+1;/p-1. The number of benzene rings is 1. The molecule has 2 rings (SSSR count). The molecule has 0 atom stereocenters. The number of hydrogen-bond acceptors (Lipinski definition) is 1. The number of fused-ring (bicyclic) bond motifs is 1. The Hall–Kier alpha value is -0.670. The quantitative estimate of drug-likeness (QED) is 0.287. The summed E-state index contributed by atoms with van der Waals surface area (Å²) >= 11 is 2.09. The number of para-hydroxylation sites is 2. The van der Waals surface area contributed by atoms with E-state index in [0.29, 0.717) is 0 Å². The molecule has 0 aliphatic rings. The zero-order chi connectivity index (χ0) is 19.2. The van der Waals surface area contributed by atoms with Gasteiger partial charge in [-0.15, -0.1) is 11.8 Å². The van der Waals surface area contributed by atoms with Gasteiger partial charge >= 0.3 is 0 Å². The molecule has 0 spiro atoms. The van der Waals surface area contributed by atoms with Crippen LogP contribution in [0.25, 0.3) is 11.0 Å². The van der Waals surface area contributed by atoms with Crippen LogP contribution in [0.3, 0.4) is 0 Å². The fourth-order valence-corrected chi connectivity index (χ4v) is 4.67. The highest BCUT2D eigenvalue weighted by Gasteiger charge is 2.14. The van der Waals surface area contributed by atoms with E-state index in [1.165, 1.54) is 93.8 Å². The molecular formula is C24H41ClN2S. The van der Waals surface area contributed by atoms with Gasteiger partial charge in [0.15, 0.2) is 11.0 Å². The molecule has 2 nitrogen and oxygen atoms in total. The highest BCUT2D eigenvalue weighted by Crippen LogP contribution is 2.15. The summed E-state index contributed by atoms with van der Waals surface area (Å²) in [5, 5.41) is 0. The van der Waals surface area contributed by atoms with Gasteiger partial charge in [0.05, 0.1) is 6.54 Å². The number of rotatable bonds is 16. The molecule has 1 aromatic carbocycles. The van der Waals surface area contributed by atoms with Crippen LogP contribution in [-0.2, 0) is 12.4 Å². The number of unbranched alkanes of at least 4 members (excludes halogenated alkanes) is 10. The molecule has 0 aliphatic carbocycles. The van der Waals surface area contributed by atoms with Crippen LogP contribution in [0.1, 0.15) is 90.9 Å². The number of nitrogens with zero attached hydrogens (tertiary/aromatic N) is 2. The second kappa shape index (κ2) is 16.2. The van der Waals surface area contributed by atoms with Crippen LogP contribution >= 0.6 is 11.8 Å². The smallest absolute Gasteiger partial charge is 0.245 e. The molecule has 0 bridgehead atoms. The molecule has 0 saturated carbocycles. The minimum Gasteiger partial charge on any atom is -1.00 e. The first-order valence-corrected chi connectivity index (χ1v) is 12.6. The highest BCUT2D eigenvalue weighted by atomic mass is 35.5. The van der Waals surface area contributed by atoms with E-state index in [2.05, 4.69) is 65.3 Å². The van der Waals surface area contributed by atoms with Gasteiger partial charge in [-0.25, -0.2) is 9.13 Å². The van der Waals surface area contributed by atoms with E-state index in [1.807, 2.05) is 0 Å². The Bertz CT molecular complexity index is 626. The maximum absolute atomic E-state index is 2.46. The van der Waals surface area contributed by atoms with Crippen LogP contribution in [-0.4, -0.2) is 10.3 Å². The van der Waals surface area contributed by atoms with Crippen molar-refractivity contribution in [3.8, 4) is 0 Å². The van der Waals surface area contributed by atoms with Crippen molar-refractivity contribution in [2.45, 2.75) is 103 Å². The number of hydrogen-bond donors (Lipinski definition) is 0. The molecule has 0 aliphatic heterocycles. The van der Waals surface area contributed by atoms with Gasteiger partial charge in [0.1, 0.15) is 5.88 Å². The molecule has 0 amide bonds. The van der Waals surface area contributed by atoms with Gasteiger partial charge in [0.25, 0.3) is 0 Å². The first-order chi connectivity index (χ1) is 13.4. The predicted octanol–water partition coefficient (Wildman–Crippen LogP) is 4.34. The summed E-state index contributed by atoms with van der Waals surface area (Å²) in [5.74, 6) is 2.37. The fourth-order valence-electron chi connectivity index (χ4n) is 3.73. The molecule has 0 N–H and O–H groups in total. The average Bonchev–Trinajstić information content (AvgIpc) is 3.05. The number of thioether (sulfide) groups is 1. The minimum atomic E-state index is 0. The molecule has 28 heavy (non-hydrogen) atoms.